The quantitative estimate of drug-likeness (QED) is 0.652. The number of hydrogen-bond donors (Lipinski definition) is 2. The maximum atomic E-state index is 12.1. The normalized spacial score (nSPS) is 10.4. The number of methoxy groups -OCH3 is 1. The van der Waals surface area contributed by atoms with E-state index in [9.17, 15) is 9.59 Å². The van der Waals surface area contributed by atoms with Gasteiger partial charge in [-0.1, -0.05) is 12.1 Å². The number of ether oxygens (including phenoxy) is 1. The lowest BCUT2D eigenvalue weighted by molar-refractivity contribution is -0.120. The number of aromatic nitrogens is 1. The molecule has 2 heterocycles. The second-order valence-electron chi connectivity index (χ2n) is 5.79. The molecule has 0 aliphatic heterocycles. The van der Waals surface area contributed by atoms with Crippen LogP contribution in [-0.2, 0) is 17.8 Å². The Balaban J connectivity index is 1.51. The maximum absolute atomic E-state index is 12.1. The van der Waals surface area contributed by atoms with Crippen LogP contribution in [0.4, 0.5) is 5.13 Å². The number of anilines is 1. The second kappa shape index (κ2) is 8.50. The van der Waals surface area contributed by atoms with Crippen molar-refractivity contribution in [3.05, 3.63) is 64.6 Å². The zero-order chi connectivity index (χ0) is 19.2. The average molecular weight is 385 g/mol. The number of benzene rings is 1. The van der Waals surface area contributed by atoms with Crippen LogP contribution < -0.4 is 15.4 Å². The fourth-order valence-corrected chi connectivity index (χ4v) is 3.15. The van der Waals surface area contributed by atoms with Crippen LogP contribution in [0.1, 0.15) is 27.4 Å². The largest absolute Gasteiger partial charge is 0.497 e. The van der Waals surface area contributed by atoms with Crippen LogP contribution in [0.15, 0.2) is 46.4 Å². The van der Waals surface area contributed by atoms with Crippen LogP contribution in [0, 0.1) is 6.92 Å². The van der Waals surface area contributed by atoms with Crippen molar-refractivity contribution >= 4 is 28.3 Å². The zero-order valence-electron chi connectivity index (χ0n) is 14.9. The minimum absolute atomic E-state index is 0.140. The first kappa shape index (κ1) is 18.7. The number of furan rings is 1. The Hall–Kier alpha value is -3.13. The first-order valence-electron chi connectivity index (χ1n) is 8.24. The summed E-state index contributed by atoms with van der Waals surface area (Å²) in [7, 11) is 1.60. The molecule has 0 fully saturated rings. The number of hydrogen-bond acceptors (Lipinski definition) is 6. The zero-order valence-corrected chi connectivity index (χ0v) is 15.8. The summed E-state index contributed by atoms with van der Waals surface area (Å²) in [6, 6.07) is 9.11. The summed E-state index contributed by atoms with van der Waals surface area (Å²) >= 11 is 1.27. The Morgan fingerprint density at radius 3 is 2.89 bits per heavy atom. The number of nitrogens with zero attached hydrogens (tertiary/aromatic N) is 1. The van der Waals surface area contributed by atoms with Crippen molar-refractivity contribution in [2.45, 2.75) is 19.9 Å². The van der Waals surface area contributed by atoms with Crippen LogP contribution in [0.2, 0.25) is 0 Å². The summed E-state index contributed by atoms with van der Waals surface area (Å²) in [4.78, 5) is 28.6. The van der Waals surface area contributed by atoms with Crippen molar-refractivity contribution in [1.82, 2.24) is 10.3 Å². The molecule has 0 bridgehead atoms. The predicted octanol–water partition coefficient (Wildman–Crippen LogP) is 3.16. The van der Waals surface area contributed by atoms with E-state index in [2.05, 4.69) is 15.6 Å². The van der Waals surface area contributed by atoms with Gasteiger partial charge in [0.15, 0.2) is 5.13 Å². The van der Waals surface area contributed by atoms with Gasteiger partial charge in [-0.05, 0) is 30.7 Å². The van der Waals surface area contributed by atoms with Gasteiger partial charge in [0, 0.05) is 11.9 Å². The number of thiazole rings is 1. The summed E-state index contributed by atoms with van der Waals surface area (Å²) in [6.07, 6.45) is 1.60. The third kappa shape index (κ3) is 4.95. The Morgan fingerprint density at radius 2 is 2.15 bits per heavy atom. The van der Waals surface area contributed by atoms with E-state index in [4.69, 9.17) is 9.15 Å². The van der Waals surface area contributed by atoms with Crippen LogP contribution >= 0.6 is 11.3 Å². The highest BCUT2D eigenvalue weighted by Gasteiger charge is 2.14. The molecule has 0 saturated carbocycles. The van der Waals surface area contributed by atoms with Crippen molar-refractivity contribution in [1.29, 1.82) is 0 Å². The van der Waals surface area contributed by atoms with E-state index in [0.29, 0.717) is 28.7 Å². The van der Waals surface area contributed by atoms with Gasteiger partial charge < -0.3 is 14.5 Å². The number of amides is 2. The van der Waals surface area contributed by atoms with Gasteiger partial charge in [-0.3, -0.25) is 14.9 Å². The lowest BCUT2D eigenvalue weighted by Gasteiger charge is -2.06. The lowest BCUT2D eigenvalue weighted by Crippen LogP contribution is -2.24. The third-order valence-electron chi connectivity index (χ3n) is 3.84. The minimum Gasteiger partial charge on any atom is -0.497 e. The molecule has 2 N–H and O–H groups in total. The molecule has 0 atom stereocenters. The summed E-state index contributed by atoms with van der Waals surface area (Å²) in [5, 5.41) is 7.76. The van der Waals surface area contributed by atoms with E-state index >= 15 is 0 Å². The van der Waals surface area contributed by atoms with Gasteiger partial charge in [0.25, 0.3) is 5.91 Å². The molecule has 0 saturated heterocycles. The van der Waals surface area contributed by atoms with E-state index < -0.39 is 0 Å². The molecule has 0 aliphatic rings. The summed E-state index contributed by atoms with van der Waals surface area (Å²) < 4.78 is 10.3. The third-order valence-corrected chi connectivity index (χ3v) is 4.65. The molecule has 8 heteroatoms. The van der Waals surface area contributed by atoms with Crippen LogP contribution in [0.25, 0.3) is 0 Å². The van der Waals surface area contributed by atoms with Crippen molar-refractivity contribution < 1.29 is 18.7 Å². The Kier molecular flexibility index (Phi) is 5.87. The van der Waals surface area contributed by atoms with E-state index in [1.807, 2.05) is 24.3 Å². The predicted molar refractivity (Wildman–Crippen MR) is 102 cm³/mol. The molecule has 3 aromatic rings. The smallest absolute Gasteiger partial charge is 0.260 e. The van der Waals surface area contributed by atoms with Gasteiger partial charge in [-0.15, -0.1) is 11.3 Å². The van der Waals surface area contributed by atoms with Crippen molar-refractivity contribution in [2.24, 2.45) is 0 Å². The average Bonchev–Trinajstić information content (AvgIpc) is 3.29. The number of carbonyl (C=O) groups is 2. The molecular formula is C19H19N3O4S. The minimum atomic E-state index is -0.287. The fraction of sp³-hybridized carbons (Fsp3) is 0.211. The fourth-order valence-electron chi connectivity index (χ4n) is 2.44. The van der Waals surface area contributed by atoms with E-state index in [1.165, 1.54) is 17.6 Å². The van der Waals surface area contributed by atoms with E-state index in [-0.39, 0.29) is 18.2 Å². The van der Waals surface area contributed by atoms with Gasteiger partial charge in [0.1, 0.15) is 11.5 Å². The number of rotatable bonds is 7. The molecule has 1 aromatic carbocycles. The topological polar surface area (TPSA) is 93.5 Å². The number of nitrogens with one attached hydrogen (secondary N) is 2. The van der Waals surface area contributed by atoms with Crippen LogP contribution in [0.5, 0.6) is 5.75 Å². The SMILES string of the molecule is COc1cccc(CNC(=O)Cc2csc(NC(=O)c3ccoc3C)n2)c1. The molecule has 7 nitrogen and oxygen atoms in total. The summed E-state index contributed by atoms with van der Waals surface area (Å²) in [6.45, 7) is 2.12. The van der Waals surface area contributed by atoms with Gasteiger partial charge in [0.2, 0.25) is 5.91 Å². The van der Waals surface area contributed by atoms with Crippen molar-refractivity contribution in [3.63, 3.8) is 0 Å². The highest BCUT2D eigenvalue weighted by Crippen LogP contribution is 2.18. The first-order chi connectivity index (χ1) is 13.0. The Labute approximate surface area is 160 Å². The molecule has 140 valence electrons. The Bertz CT molecular complexity index is 948. The number of aryl methyl sites for hydroxylation is 1. The molecule has 2 aromatic heterocycles. The van der Waals surface area contributed by atoms with Crippen LogP contribution in [0.3, 0.4) is 0 Å². The van der Waals surface area contributed by atoms with Gasteiger partial charge in [0.05, 0.1) is 31.1 Å². The molecule has 0 aliphatic carbocycles. The first-order valence-corrected chi connectivity index (χ1v) is 9.12. The molecule has 3 rings (SSSR count). The van der Waals surface area contributed by atoms with E-state index in [0.717, 1.165) is 11.3 Å². The van der Waals surface area contributed by atoms with Gasteiger partial charge in [-0.25, -0.2) is 4.98 Å². The maximum Gasteiger partial charge on any atom is 0.260 e. The molecule has 2 amide bonds. The summed E-state index contributed by atoms with van der Waals surface area (Å²) in [5.41, 5.74) is 2.01. The molecule has 27 heavy (non-hydrogen) atoms. The van der Waals surface area contributed by atoms with E-state index in [1.54, 1.807) is 25.5 Å². The highest BCUT2D eigenvalue weighted by molar-refractivity contribution is 7.14. The number of carbonyl (C=O) groups excluding carboxylic acids is 2. The standard InChI is InChI=1S/C19H19N3O4S/c1-12-16(6-7-26-12)18(24)22-19-21-14(11-27-19)9-17(23)20-10-13-4-3-5-15(8-13)25-2/h3-8,11H,9-10H2,1-2H3,(H,20,23)(H,21,22,24). The van der Waals surface area contributed by atoms with Crippen molar-refractivity contribution in [3.8, 4) is 5.75 Å². The van der Waals surface area contributed by atoms with Gasteiger partial charge >= 0.3 is 0 Å². The molecular weight excluding hydrogens is 366 g/mol. The molecule has 0 unspecified atom stereocenters. The second-order valence-corrected chi connectivity index (χ2v) is 6.65. The molecule has 0 radical (unpaired) electrons. The van der Waals surface area contributed by atoms with Crippen LogP contribution in [-0.4, -0.2) is 23.9 Å². The molecule has 0 spiro atoms. The Morgan fingerprint density at radius 1 is 1.30 bits per heavy atom. The summed E-state index contributed by atoms with van der Waals surface area (Å²) in [5.74, 6) is 0.854. The monoisotopic (exact) mass is 385 g/mol. The lowest BCUT2D eigenvalue weighted by atomic mass is 10.2. The highest BCUT2D eigenvalue weighted by atomic mass is 32.1. The van der Waals surface area contributed by atoms with Gasteiger partial charge in [-0.2, -0.15) is 0 Å². The van der Waals surface area contributed by atoms with Crippen molar-refractivity contribution in [2.75, 3.05) is 12.4 Å².